The first-order valence-electron chi connectivity index (χ1n) is 4.96. The first kappa shape index (κ1) is 10.2. The SMILES string of the molecule is Cc1cscc1NC(C)c1ccncc1. The third-order valence-corrected chi connectivity index (χ3v) is 3.30. The van der Waals surface area contributed by atoms with Gasteiger partial charge in [0.05, 0.1) is 0 Å². The van der Waals surface area contributed by atoms with Gasteiger partial charge >= 0.3 is 0 Å². The second-order valence-electron chi connectivity index (χ2n) is 3.62. The van der Waals surface area contributed by atoms with Crippen LogP contribution in [0.3, 0.4) is 0 Å². The molecule has 2 rings (SSSR count). The van der Waals surface area contributed by atoms with Crippen molar-refractivity contribution in [1.29, 1.82) is 0 Å². The fourth-order valence-electron chi connectivity index (χ4n) is 1.48. The minimum Gasteiger partial charge on any atom is -0.378 e. The summed E-state index contributed by atoms with van der Waals surface area (Å²) < 4.78 is 0. The quantitative estimate of drug-likeness (QED) is 0.851. The molecular weight excluding hydrogens is 204 g/mol. The molecule has 15 heavy (non-hydrogen) atoms. The lowest BCUT2D eigenvalue weighted by molar-refractivity contribution is 0.880. The van der Waals surface area contributed by atoms with Crippen molar-refractivity contribution < 1.29 is 0 Å². The number of aromatic nitrogens is 1. The van der Waals surface area contributed by atoms with Gasteiger partial charge in [-0.1, -0.05) is 0 Å². The highest BCUT2D eigenvalue weighted by molar-refractivity contribution is 7.08. The van der Waals surface area contributed by atoms with E-state index in [0.29, 0.717) is 6.04 Å². The fourth-order valence-corrected chi connectivity index (χ4v) is 2.27. The molecule has 78 valence electrons. The van der Waals surface area contributed by atoms with E-state index in [-0.39, 0.29) is 0 Å². The van der Waals surface area contributed by atoms with Gasteiger partial charge in [0, 0.05) is 29.5 Å². The van der Waals surface area contributed by atoms with E-state index in [1.807, 2.05) is 24.5 Å². The van der Waals surface area contributed by atoms with Gasteiger partial charge in [0.2, 0.25) is 0 Å². The molecule has 0 saturated heterocycles. The average molecular weight is 218 g/mol. The Morgan fingerprint density at radius 3 is 2.60 bits per heavy atom. The molecule has 0 aliphatic carbocycles. The highest BCUT2D eigenvalue weighted by Crippen LogP contribution is 2.24. The summed E-state index contributed by atoms with van der Waals surface area (Å²) in [6.45, 7) is 4.28. The molecule has 0 radical (unpaired) electrons. The van der Waals surface area contributed by atoms with Crippen molar-refractivity contribution in [2.75, 3.05) is 5.32 Å². The van der Waals surface area contributed by atoms with Crippen molar-refractivity contribution in [2.45, 2.75) is 19.9 Å². The smallest absolute Gasteiger partial charge is 0.0487 e. The van der Waals surface area contributed by atoms with Gasteiger partial charge in [0.1, 0.15) is 0 Å². The molecule has 1 N–H and O–H groups in total. The molecule has 2 aromatic rings. The summed E-state index contributed by atoms with van der Waals surface area (Å²) in [7, 11) is 0. The Morgan fingerprint density at radius 2 is 2.00 bits per heavy atom. The number of thiophene rings is 1. The third-order valence-electron chi connectivity index (χ3n) is 2.43. The van der Waals surface area contributed by atoms with Crippen LogP contribution in [0.4, 0.5) is 5.69 Å². The predicted octanol–water partition coefficient (Wildman–Crippen LogP) is 3.62. The van der Waals surface area contributed by atoms with Gasteiger partial charge < -0.3 is 5.32 Å². The van der Waals surface area contributed by atoms with Crippen LogP contribution in [0.2, 0.25) is 0 Å². The van der Waals surface area contributed by atoms with Crippen LogP contribution < -0.4 is 5.32 Å². The Balaban J connectivity index is 2.11. The number of hydrogen-bond donors (Lipinski definition) is 1. The van der Waals surface area contributed by atoms with Crippen molar-refractivity contribution in [2.24, 2.45) is 0 Å². The number of nitrogens with one attached hydrogen (secondary N) is 1. The van der Waals surface area contributed by atoms with Crippen LogP contribution in [0.5, 0.6) is 0 Å². The minimum atomic E-state index is 0.321. The van der Waals surface area contributed by atoms with Crippen LogP contribution in [-0.4, -0.2) is 4.98 Å². The van der Waals surface area contributed by atoms with Crippen LogP contribution in [0, 0.1) is 6.92 Å². The molecule has 2 heterocycles. The number of aryl methyl sites for hydroxylation is 1. The molecule has 2 aromatic heterocycles. The largest absolute Gasteiger partial charge is 0.378 e. The van der Waals surface area contributed by atoms with Crippen molar-refractivity contribution in [3.63, 3.8) is 0 Å². The van der Waals surface area contributed by atoms with E-state index < -0.39 is 0 Å². The van der Waals surface area contributed by atoms with Crippen LogP contribution in [-0.2, 0) is 0 Å². The van der Waals surface area contributed by atoms with E-state index >= 15 is 0 Å². The van der Waals surface area contributed by atoms with Gasteiger partial charge in [0.15, 0.2) is 0 Å². The van der Waals surface area contributed by atoms with E-state index in [2.05, 4.69) is 34.9 Å². The zero-order valence-corrected chi connectivity index (χ0v) is 9.71. The molecule has 0 bridgehead atoms. The van der Waals surface area contributed by atoms with Crippen LogP contribution in [0.15, 0.2) is 35.3 Å². The number of anilines is 1. The van der Waals surface area contributed by atoms with Gasteiger partial charge in [-0.3, -0.25) is 4.98 Å². The Bertz CT molecular complexity index is 422. The second-order valence-corrected chi connectivity index (χ2v) is 4.36. The Hall–Kier alpha value is -1.35. The lowest BCUT2D eigenvalue weighted by Gasteiger charge is -2.14. The van der Waals surface area contributed by atoms with Gasteiger partial charge in [-0.2, -0.15) is 0 Å². The topological polar surface area (TPSA) is 24.9 Å². The third kappa shape index (κ3) is 2.36. The van der Waals surface area contributed by atoms with E-state index in [1.165, 1.54) is 16.8 Å². The van der Waals surface area contributed by atoms with Gasteiger partial charge in [-0.15, -0.1) is 11.3 Å². The highest BCUT2D eigenvalue weighted by Gasteiger charge is 2.06. The molecule has 0 fully saturated rings. The summed E-state index contributed by atoms with van der Waals surface area (Å²) in [5, 5.41) is 7.79. The molecule has 0 amide bonds. The second kappa shape index (κ2) is 4.45. The summed E-state index contributed by atoms with van der Waals surface area (Å²) in [6.07, 6.45) is 3.65. The Morgan fingerprint density at radius 1 is 1.27 bits per heavy atom. The van der Waals surface area contributed by atoms with E-state index in [4.69, 9.17) is 0 Å². The van der Waals surface area contributed by atoms with Crippen LogP contribution in [0.25, 0.3) is 0 Å². The van der Waals surface area contributed by atoms with E-state index in [1.54, 1.807) is 11.3 Å². The number of pyridine rings is 1. The predicted molar refractivity (Wildman–Crippen MR) is 65.3 cm³/mol. The lowest BCUT2D eigenvalue weighted by Crippen LogP contribution is -2.06. The zero-order valence-electron chi connectivity index (χ0n) is 8.90. The molecular formula is C12H14N2S. The van der Waals surface area contributed by atoms with E-state index in [0.717, 1.165) is 0 Å². The molecule has 0 spiro atoms. The molecule has 3 heteroatoms. The number of rotatable bonds is 3. The first-order chi connectivity index (χ1) is 7.27. The maximum atomic E-state index is 4.02. The molecule has 1 atom stereocenters. The summed E-state index contributed by atoms with van der Waals surface area (Å²) in [6, 6.07) is 4.40. The molecule has 0 aliphatic rings. The summed E-state index contributed by atoms with van der Waals surface area (Å²) >= 11 is 1.73. The normalized spacial score (nSPS) is 12.4. The Kier molecular flexibility index (Phi) is 3.02. The van der Waals surface area contributed by atoms with Gasteiger partial charge in [-0.05, 0) is 42.5 Å². The van der Waals surface area contributed by atoms with Crippen molar-refractivity contribution in [3.8, 4) is 0 Å². The highest BCUT2D eigenvalue weighted by atomic mass is 32.1. The van der Waals surface area contributed by atoms with Crippen LogP contribution in [0.1, 0.15) is 24.1 Å². The molecule has 0 saturated carbocycles. The molecule has 2 nitrogen and oxygen atoms in total. The standard InChI is InChI=1S/C12H14N2S/c1-9-7-15-8-12(9)14-10(2)11-3-5-13-6-4-11/h3-8,10,14H,1-2H3. The van der Waals surface area contributed by atoms with Crippen LogP contribution >= 0.6 is 11.3 Å². The molecule has 0 aliphatic heterocycles. The number of nitrogens with zero attached hydrogens (tertiary/aromatic N) is 1. The monoisotopic (exact) mass is 218 g/mol. The maximum Gasteiger partial charge on any atom is 0.0487 e. The van der Waals surface area contributed by atoms with Gasteiger partial charge in [-0.25, -0.2) is 0 Å². The van der Waals surface area contributed by atoms with Gasteiger partial charge in [0.25, 0.3) is 0 Å². The Labute approximate surface area is 94.0 Å². The minimum absolute atomic E-state index is 0.321. The maximum absolute atomic E-state index is 4.02. The van der Waals surface area contributed by atoms with Crippen molar-refractivity contribution in [1.82, 2.24) is 4.98 Å². The average Bonchev–Trinajstić information content (AvgIpc) is 2.66. The summed E-state index contributed by atoms with van der Waals surface area (Å²) in [5.74, 6) is 0. The lowest BCUT2D eigenvalue weighted by atomic mass is 10.1. The molecule has 0 aromatic carbocycles. The van der Waals surface area contributed by atoms with Crippen molar-refractivity contribution in [3.05, 3.63) is 46.4 Å². The van der Waals surface area contributed by atoms with Crippen molar-refractivity contribution >= 4 is 17.0 Å². The summed E-state index contributed by atoms with van der Waals surface area (Å²) in [4.78, 5) is 4.02. The zero-order chi connectivity index (χ0) is 10.7. The summed E-state index contributed by atoms with van der Waals surface area (Å²) in [5.41, 5.74) is 3.79. The molecule has 1 unspecified atom stereocenters. The van der Waals surface area contributed by atoms with E-state index in [9.17, 15) is 0 Å². The fraction of sp³-hybridized carbons (Fsp3) is 0.250. The first-order valence-corrected chi connectivity index (χ1v) is 5.91. The number of hydrogen-bond acceptors (Lipinski definition) is 3.